The van der Waals surface area contributed by atoms with Crippen LogP contribution < -0.4 is 0 Å². The smallest absolute Gasteiger partial charge is 0.194 e. The topological polar surface area (TPSA) is 34.1 Å². The zero-order valence-corrected chi connectivity index (χ0v) is 21.8. The van der Waals surface area contributed by atoms with E-state index < -0.39 is 0 Å². The molecule has 2 aromatic carbocycles. The summed E-state index contributed by atoms with van der Waals surface area (Å²) in [6.07, 6.45) is 12.8. The molecule has 2 aromatic rings. The van der Waals surface area contributed by atoms with E-state index in [1.54, 1.807) is 18.2 Å². The highest BCUT2D eigenvalue weighted by Crippen LogP contribution is 2.33. The summed E-state index contributed by atoms with van der Waals surface area (Å²) in [7, 11) is 0. The first-order valence-electron chi connectivity index (χ1n) is 11.3. The summed E-state index contributed by atoms with van der Waals surface area (Å²) >= 11 is 5.54. The number of halogens is 3. The molecule has 5 heteroatoms. The van der Waals surface area contributed by atoms with Gasteiger partial charge in [0.2, 0.25) is 0 Å². The largest absolute Gasteiger partial charge is 0.289 e. The second-order valence-electron chi connectivity index (χ2n) is 8.39. The van der Waals surface area contributed by atoms with Crippen molar-refractivity contribution >= 4 is 50.1 Å². The van der Waals surface area contributed by atoms with Crippen LogP contribution in [0, 0.1) is 9.39 Å². The molecule has 2 nitrogen and oxygen atoms in total. The Morgan fingerprint density at radius 3 is 1.84 bits per heavy atom. The number of hydrogen-bond donors (Lipinski definition) is 0. The number of unbranched alkanes of at least 4 members (excludes halogenated alkanes) is 9. The Balaban J connectivity index is 1.58. The van der Waals surface area contributed by atoms with Gasteiger partial charge in [-0.1, -0.05) is 64.7 Å². The van der Waals surface area contributed by atoms with Crippen LogP contribution in [0.2, 0.25) is 0 Å². The summed E-state index contributed by atoms with van der Waals surface area (Å²) in [4.78, 5) is 25.9. The predicted molar refractivity (Wildman–Crippen MR) is 136 cm³/mol. The molecule has 1 aliphatic carbocycles. The molecule has 0 aliphatic heterocycles. The Morgan fingerprint density at radius 1 is 0.742 bits per heavy atom. The van der Waals surface area contributed by atoms with Crippen molar-refractivity contribution in [2.75, 3.05) is 0 Å². The second kappa shape index (κ2) is 11.7. The fourth-order valence-corrected chi connectivity index (χ4v) is 5.01. The van der Waals surface area contributed by atoms with Gasteiger partial charge in [-0.3, -0.25) is 9.59 Å². The standard InChI is InChI=1S/C26H29BrFIO2/c1-2-3-4-5-6-7-8-9-10-11-12-17-13-18-20(15-23(17)28)26(31)19-14-22(27)24(29)16-21(19)25(18)30/h13-16H,2-12H2,1H3. The maximum absolute atomic E-state index is 14.7. The molecule has 0 bridgehead atoms. The van der Waals surface area contributed by atoms with E-state index in [2.05, 4.69) is 45.4 Å². The molecule has 0 saturated heterocycles. The van der Waals surface area contributed by atoms with Crippen molar-refractivity contribution in [1.82, 2.24) is 0 Å². The van der Waals surface area contributed by atoms with Gasteiger partial charge < -0.3 is 0 Å². The Hall–Kier alpha value is -1.08. The lowest BCUT2D eigenvalue weighted by Gasteiger charge is -2.19. The average Bonchev–Trinajstić information content (AvgIpc) is 2.75. The molecule has 1 aliphatic rings. The lowest BCUT2D eigenvalue weighted by atomic mass is 9.83. The zero-order valence-electron chi connectivity index (χ0n) is 18.0. The fourth-order valence-electron chi connectivity index (χ4n) is 4.20. The molecular weight excluding hydrogens is 570 g/mol. The van der Waals surface area contributed by atoms with Crippen molar-refractivity contribution in [3.05, 3.63) is 65.9 Å². The maximum Gasteiger partial charge on any atom is 0.194 e. The van der Waals surface area contributed by atoms with Gasteiger partial charge in [-0.2, -0.15) is 0 Å². The van der Waals surface area contributed by atoms with E-state index in [0.717, 1.165) is 20.9 Å². The number of rotatable bonds is 11. The normalized spacial score (nSPS) is 12.8. The third kappa shape index (κ3) is 6.04. The van der Waals surface area contributed by atoms with Gasteiger partial charge in [0, 0.05) is 30.3 Å². The highest BCUT2D eigenvalue weighted by molar-refractivity contribution is 14.1. The SMILES string of the molecule is CCCCCCCCCCCCc1cc2c(cc1F)C(=O)c1cc(Br)c(I)cc1C2=O. The average molecular weight is 599 g/mol. The van der Waals surface area contributed by atoms with Crippen LogP contribution in [0.5, 0.6) is 0 Å². The minimum atomic E-state index is -0.385. The van der Waals surface area contributed by atoms with Gasteiger partial charge in [-0.25, -0.2) is 4.39 Å². The molecule has 0 amide bonds. The molecule has 0 spiro atoms. The van der Waals surface area contributed by atoms with Gasteiger partial charge in [0.25, 0.3) is 0 Å². The Kier molecular flexibility index (Phi) is 9.26. The van der Waals surface area contributed by atoms with E-state index in [9.17, 15) is 14.0 Å². The summed E-state index contributed by atoms with van der Waals surface area (Å²) in [5.41, 5.74) is 1.79. The number of benzene rings is 2. The van der Waals surface area contributed by atoms with E-state index in [-0.39, 0.29) is 22.9 Å². The molecule has 0 heterocycles. The highest BCUT2D eigenvalue weighted by atomic mass is 127. The molecule has 0 N–H and O–H groups in total. The van der Waals surface area contributed by atoms with Crippen LogP contribution in [0.3, 0.4) is 0 Å². The van der Waals surface area contributed by atoms with E-state index >= 15 is 0 Å². The quantitative estimate of drug-likeness (QED) is 0.164. The van der Waals surface area contributed by atoms with Crippen molar-refractivity contribution in [3.63, 3.8) is 0 Å². The Morgan fingerprint density at radius 2 is 1.23 bits per heavy atom. The van der Waals surface area contributed by atoms with Crippen molar-refractivity contribution < 1.29 is 14.0 Å². The van der Waals surface area contributed by atoms with Gasteiger partial charge in [0.05, 0.1) is 0 Å². The summed E-state index contributed by atoms with van der Waals surface area (Å²) in [6, 6.07) is 6.26. The molecule has 31 heavy (non-hydrogen) atoms. The van der Waals surface area contributed by atoms with Crippen molar-refractivity contribution in [1.29, 1.82) is 0 Å². The summed E-state index contributed by atoms with van der Waals surface area (Å²) in [5.74, 6) is -0.866. The van der Waals surface area contributed by atoms with E-state index in [4.69, 9.17) is 0 Å². The monoisotopic (exact) mass is 598 g/mol. The first-order valence-corrected chi connectivity index (χ1v) is 13.2. The number of carbonyl (C=O) groups excluding carboxylic acids is 2. The first-order chi connectivity index (χ1) is 14.9. The molecule has 0 fully saturated rings. The zero-order chi connectivity index (χ0) is 22.4. The van der Waals surface area contributed by atoms with Crippen LogP contribution in [0.4, 0.5) is 4.39 Å². The van der Waals surface area contributed by atoms with Crippen LogP contribution in [-0.2, 0) is 6.42 Å². The molecule has 0 atom stereocenters. The van der Waals surface area contributed by atoms with Gasteiger partial charge in [-0.15, -0.1) is 0 Å². The maximum atomic E-state index is 14.7. The minimum absolute atomic E-state index is 0.176. The van der Waals surface area contributed by atoms with Crippen molar-refractivity contribution in [2.24, 2.45) is 0 Å². The van der Waals surface area contributed by atoms with Gasteiger partial charge in [0.1, 0.15) is 5.82 Å². The number of ketones is 2. The van der Waals surface area contributed by atoms with Crippen molar-refractivity contribution in [3.8, 4) is 0 Å². The molecule has 0 saturated carbocycles. The van der Waals surface area contributed by atoms with Crippen LogP contribution in [0.15, 0.2) is 28.7 Å². The van der Waals surface area contributed by atoms with Gasteiger partial charge in [-0.05, 0) is 81.2 Å². The molecule has 0 radical (unpaired) electrons. The third-order valence-corrected chi connectivity index (χ3v) is 8.32. The van der Waals surface area contributed by atoms with E-state index in [1.807, 2.05) is 0 Å². The third-order valence-electron chi connectivity index (χ3n) is 6.03. The van der Waals surface area contributed by atoms with Crippen LogP contribution in [0.25, 0.3) is 0 Å². The molecule has 3 rings (SSSR count). The summed E-state index contributed by atoms with van der Waals surface area (Å²) in [6.45, 7) is 2.23. The van der Waals surface area contributed by atoms with E-state index in [0.29, 0.717) is 28.7 Å². The Bertz CT molecular complexity index is 970. The number of fused-ring (bicyclic) bond motifs is 2. The van der Waals surface area contributed by atoms with Crippen molar-refractivity contribution in [2.45, 2.75) is 77.6 Å². The van der Waals surface area contributed by atoms with Gasteiger partial charge >= 0.3 is 0 Å². The molecule has 0 unspecified atom stereocenters. The highest BCUT2D eigenvalue weighted by Gasteiger charge is 2.31. The van der Waals surface area contributed by atoms with Gasteiger partial charge in [0.15, 0.2) is 11.6 Å². The number of aryl methyl sites for hydroxylation is 1. The Labute approximate surface area is 206 Å². The van der Waals surface area contributed by atoms with Crippen LogP contribution in [0.1, 0.15) is 109 Å². The number of carbonyl (C=O) groups is 2. The predicted octanol–water partition coefficient (Wildman–Crippen LogP) is 8.43. The molecule has 0 aromatic heterocycles. The summed E-state index contributed by atoms with van der Waals surface area (Å²) < 4.78 is 16.3. The first kappa shape index (κ1) is 24.6. The molecular formula is C26H29BrFIO2. The molecule has 166 valence electrons. The number of hydrogen-bond acceptors (Lipinski definition) is 2. The second-order valence-corrected chi connectivity index (χ2v) is 10.4. The summed E-state index contributed by atoms with van der Waals surface area (Å²) in [5, 5.41) is 0. The lowest BCUT2D eigenvalue weighted by molar-refractivity contribution is 0.0978. The van der Waals surface area contributed by atoms with Crippen LogP contribution >= 0.6 is 38.5 Å². The lowest BCUT2D eigenvalue weighted by Crippen LogP contribution is -2.22. The minimum Gasteiger partial charge on any atom is -0.289 e. The fraction of sp³-hybridized carbons (Fsp3) is 0.462. The van der Waals surface area contributed by atoms with E-state index in [1.165, 1.54) is 57.4 Å². The van der Waals surface area contributed by atoms with Crippen LogP contribution in [-0.4, -0.2) is 11.6 Å².